The Kier molecular flexibility index (Phi) is 5.39. The number of nitrogens with one attached hydrogen (secondary N) is 1. The van der Waals surface area contributed by atoms with Crippen molar-refractivity contribution in [3.05, 3.63) is 24.3 Å². The lowest BCUT2D eigenvalue weighted by atomic mass is 10.3. The third-order valence-electron chi connectivity index (χ3n) is 2.14. The molecule has 6 nitrogen and oxygen atoms in total. The van der Waals surface area contributed by atoms with E-state index in [1.807, 2.05) is 0 Å². The number of methoxy groups -OCH3 is 1. The van der Waals surface area contributed by atoms with Crippen molar-refractivity contribution in [1.82, 2.24) is 4.31 Å². The van der Waals surface area contributed by atoms with Gasteiger partial charge in [-0.3, -0.25) is 4.72 Å². The Morgan fingerprint density at radius 1 is 1.17 bits per heavy atom. The first-order valence-corrected chi connectivity index (χ1v) is 6.82. The summed E-state index contributed by atoms with van der Waals surface area (Å²) >= 11 is 0. The first kappa shape index (κ1) is 14.7. The summed E-state index contributed by atoms with van der Waals surface area (Å²) in [6, 6.07) is 6.68. The lowest BCUT2D eigenvalue weighted by Gasteiger charge is -2.13. The van der Waals surface area contributed by atoms with E-state index >= 15 is 0 Å². The number of ether oxygens (including phenoxy) is 2. The van der Waals surface area contributed by atoms with E-state index in [2.05, 4.69) is 4.72 Å². The highest BCUT2D eigenvalue weighted by Crippen LogP contribution is 2.17. The van der Waals surface area contributed by atoms with Crippen molar-refractivity contribution in [2.45, 2.75) is 0 Å². The molecule has 1 aromatic rings. The SMILES string of the molecule is COCCOc1ccc(NS(=O)(=O)N(C)C)cc1. The minimum Gasteiger partial charge on any atom is -0.491 e. The molecule has 0 radical (unpaired) electrons. The van der Waals surface area contributed by atoms with Crippen molar-refractivity contribution in [3.63, 3.8) is 0 Å². The van der Waals surface area contributed by atoms with E-state index in [9.17, 15) is 8.42 Å². The van der Waals surface area contributed by atoms with Gasteiger partial charge in [0, 0.05) is 21.2 Å². The molecule has 0 spiro atoms. The summed E-state index contributed by atoms with van der Waals surface area (Å²) in [6.07, 6.45) is 0. The topological polar surface area (TPSA) is 67.9 Å². The molecule has 102 valence electrons. The van der Waals surface area contributed by atoms with E-state index < -0.39 is 10.2 Å². The van der Waals surface area contributed by atoms with Crippen LogP contribution in [0.4, 0.5) is 5.69 Å². The second-order valence-electron chi connectivity index (χ2n) is 3.76. The van der Waals surface area contributed by atoms with Crippen molar-refractivity contribution in [3.8, 4) is 5.75 Å². The van der Waals surface area contributed by atoms with E-state index in [0.29, 0.717) is 24.7 Å². The van der Waals surface area contributed by atoms with E-state index in [1.165, 1.54) is 14.1 Å². The van der Waals surface area contributed by atoms with E-state index in [-0.39, 0.29) is 0 Å². The molecule has 0 aliphatic rings. The summed E-state index contributed by atoms with van der Waals surface area (Å²) in [7, 11) is 1.06. The number of anilines is 1. The van der Waals surface area contributed by atoms with Gasteiger partial charge >= 0.3 is 10.2 Å². The molecule has 0 heterocycles. The zero-order chi connectivity index (χ0) is 13.6. The molecule has 7 heteroatoms. The van der Waals surface area contributed by atoms with Crippen LogP contribution in [0.15, 0.2) is 24.3 Å². The fourth-order valence-corrected chi connectivity index (χ4v) is 1.72. The lowest BCUT2D eigenvalue weighted by Crippen LogP contribution is -2.28. The summed E-state index contributed by atoms with van der Waals surface area (Å²) in [4.78, 5) is 0. The molecule has 0 amide bonds. The highest BCUT2D eigenvalue weighted by Gasteiger charge is 2.12. The fraction of sp³-hybridized carbons (Fsp3) is 0.455. The first-order chi connectivity index (χ1) is 8.45. The Bertz CT molecular complexity index is 456. The number of nitrogens with zero attached hydrogens (tertiary/aromatic N) is 1. The lowest BCUT2D eigenvalue weighted by molar-refractivity contribution is 0.146. The van der Waals surface area contributed by atoms with Gasteiger partial charge in [0.05, 0.1) is 12.3 Å². The van der Waals surface area contributed by atoms with Crippen LogP contribution in [0.2, 0.25) is 0 Å². The van der Waals surface area contributed by atoms with Crippen LogP contribution in [0.1, 0.15) is 0 Å². The standard InChI is InChI=1S/C11H18N2O4S/c1-13(2)18(14,15)12-10-4-6-11(7-5-10)17-9-8-16-3/h4-7,12H,8-9H2,1-3H3. The van der Waals surface area contributed by atoms with Crippen LogP contribution in [0, 0.1) is 0 Å². The zero-order valence-electron chi connectivity index (χ0n) is 10.7. The van der Waals surface area contributed by atoms with Crippen molar-refractivity contribution in [2.75, 3.05) is 39.1 Å². The fourth-order valence-electron chi connectivity index (χ4n) is 1.10. The van der Waals surface area contributed by atoms with Crippen molar-refractivity contribution < 1.29 is 17.9 Å². The van der Waals surface area contributed by atoms with Crippen LogP contribution in [0.3, 0.4) is 0 Å². The monoisotopic (exact) mass is 274 g/mol. The molecule has 0 atom stereocenters. The van der Waals surface area contributed by atoms with Gasteiger partial charge in [-0.1, -0.05) is 0 Å². The molecule has 1 rings (SSSR count). The first-order valence-electron chi connectivity index (χ1n) is 5.38. The van der Waals surface area contributed by atoms with Crippen LogP contribution in [-0.2, 0) is 14.9 Å². The molecule has 0 fully saturated rings. The average Bonchev–Trinajstić information content (AvgIpc) is 2.31. The Labute approximate surface area is 108 Å². The van der Waals surface area contributed by atoms with Crippen LogP contribution >= 0.6 is 0 Å². The Morgan fingerprint density at radius 3 is 2.28 bits per heavy atom. The summed E-state index contributed by atoms with van der Waals surface area (Å²) in [6.45, 7) is 0.967. The quantitative estimate of drug-likeness (QED) is 0.751. The van der Waals surface area contributed by atoms with Crippen LogP contribution in [0.25, 0.3) is 0 Å². The predicted molar refractivity (Wildman–Crippen MR) is 70.0 cm³/mol. The largest absolute Gasteiger partial charge is 0.491 e. The third-order valence-corrected chi connectivity index (χ3v) is 3.59. The Morgan fingerprint density at radius 2 is 1.78 bits per heavy atom. The van der Waals surface area contributed by atoms with Crippen LogP contribution < -0.4 is 9.46 Å². The van der Waals surface area contributed by atoms with Gasteiger partial charge < -0.3 is 9.47 Å². The van der Waals surface area contributed by atoms with Gasteiger partial charge in [-0.2, -0.15) is 12.7 Å². The maximum absolute atomic E-state index is 11.6. The highest BCUT2D eigenvalue weighted by atomic mass is 32.2. The molecule has 18 heavy (non-hydrogen) atoms. The second-order valence-corrected chi connectivity index (χ2v) is 5.64. The number of benzene rings is 1. The molecule has 0 aliphatic heterocycles. The average molecular weight is 274 g/mol. The predicted octanol–water partition coefficient (Wildman–Crippen LogP) is 0.930. The second kappa shape index (κ2) is 6.58. The molecular weight excluding hydrogens is 256 g/mol. The maximum Gasteiger partial charge on any atom is 0.301 e. The minimum atomic E-state index is -3.46. The van der Waals surface area contributed by atoms with Gasteiger partial charge in [0.25, 0.3) is 0 Å². The van der Waals surface area contributed by atoms with Crippen LogP contribution in [-0.4, -0.2) is 47.1 Å². The normalized spacial score (nSPS) is 11.6. The molecule has 1 N–H and O–H groups in total. The Balaban J connectivity index is 2.61. The summed E-state index contributed by atoms with van der Waals surface area (Å²) in [5, 5.41) is 0. The van der Waals surface area contributed by atoms with Gasteiger partial charge in [-0.15, -0.1) is 0 Å². The van der Waals surface area contributed by atoms with Gasteiger partial charge in [0.15, 0.2) is 0 Å². The number of hydrogen-bond donors (Lipinski definition) is 1. The van der Waals surface area contributed by atoms with Gasteiger partial charge in [0.2, 0.25) is 0 Å². The molecule has 0 bridgehead atoms. The maximum atomic E-state index is 11.6. The highest BCUT2D eigenvalue weighted by molar-refractivity contribution is 7.90. The number of rotatable bonds is 7. The molecule has 0 saturated heterocycles. The van der Waals surface area contributed by atoms with Crippen molar-refractivity contribution in [1.29, 1.82) is 0 Å². The third kappa shape index (κ3) is 4.52. The molecule has 0 unspecified atom stereocenters. The summed E-state index contributed by atoms with van der Waals surface area (Å²) < 4.78 is 36.9. The van der Waals surface area contributed by atoms with Gasteiger partial charge in [-0.25, -0.2) is 0 Å². The van der Waals surface area contributed by atoms with E-state index in [1.54, 1.807) is 31.4 Å². The number of hydrogen-bond acceptors (Lipinski definition) is 4. The smallest absolute Gasteiger partial charge is 0.301 e. The van der Waals surface area contributed by atoms with E-state index in [4.69, 9.17) is 9.47 Å². The molecule has 1 aromatic carbocycles. The van der Waals surface area contributed by atoms with Gasteiger partial charge in [-0.05, 0) is 24.3 Å². The zero-order valence-corrected chi connectivity index (χ0v) is 11.5. The molecule has 0 aromatic heterocycles. The van der Waals surface area contributed by atoms with E-state index in [0.717, 1.165) is 4.31 Å². The molecule has 0 saturated carbocycles. The summed E-state index contributed by atoms with van der Waals surface area (Å²) in [5.74, 6) is 0.667. The summed E-state index contributed by atoms with van der Waals surface area (Å²) in [5.41, 5.74) is 0.489. The molecule has 0 aliphatic carbocycles. The van der Waals surface area contributed by atoms with Crippen molar-refractivity contribution >= 4 is 15.9 Å². The molecular formula is C11H18N2O4S. The van der Waals surface area contributed by atoms with Gasteiger partial charge in [0.1, 0.15) is 12.4 Å². The van der Waals surface area contributed by atoms with Crippen molar-refractivity contribution in [2.24, 2.45) is 0 Å². The van der Waals surface area contributed by atoms with Crippen LogP contribution in [0.5, 0.6) is 5.75 Å². The Hall–Kier alpha value is -1.31. The minimum absolute atomic E-state index is 0.458.